The molecule has 8 aromatic carbocycles. The molecular formula is C59H49N. The molecule has 8 aromatic rings. The van der Waals surface area contributed by atoms with Gasteiger partial charge in [-0.1, -0.05) is 147 Å². The Morgan fingerprint density at radius 2 is 0.917 bits per heavy atom. The fraction of sp³-hybridized carbons (Fsp3) is 0.220. The van der Waals surface area contributed by atoms with E-state index in [1.165, 1.54) is 104 Å². The molecule has 1 spiro atoms. The van der Waals surface area contributed by atoms with Crippen molar-refractivity contribution in [1.29, 1.82) is 0 Å². The molecule has 14 rings (SSSR count). The molecular weight excluding hydrogens is 723 g/mol. The van der Waals surface area contributed by atoms with E-state index in [-0.39, 0.29) is 10.8 Å². The zero-order valence-electron chi connectivity index (χ0n) is 34.5. The number of fused-ring (bicyclic) bond motifs is 7. The minimum atomic E-state index is -0.0862. The van der Waals surface area contributed by atoms with Crippen molar-refractivity contribution >= 4 is 27.8 Å². The van der Waals surface area contributed by atoms with Crippen LogP contribution in [0.4, 0.5) is 17.1 Å². The molecule has 0 atom stereocenters. The second-order valence-corrected chi connectivity index (χ2v) is 19.3. The van der Waals surface area contributed by atoms with Crippen LogP contribution < -0.4 is 4.90 Å². The average molecular weight is 772 g/mol. The van der Waals surface area contributed by atoms with Crippen LogP contribution in [0.3, 0.4) is 0 Å². The summed E-state index contributed by atoms with van der Waals surface area (Å²) in [5.74, 6) is 3.47. The van der Waals surface area contributed by atoms with Crippen LogP contribution in [0.5, 0.6) is 0 Å². The maximum Gasteiger partial charge on any atom is 0.0465 e. The van der Waals surface area contributed by atoms with Gasteiger partial charge >= 0.3 is 0 Å². The Bertz CT molecular complexity index is 2990. The first-order valence-electron chi connectivity index (χ1n) is 22.4. The predicted molar refractivity (Wildman–Crippen MR) is 250 cm³/mol. The number of nitrogens with zero attached hydrogens (tertiary/aromatic N) is 1. The maximum atomic E-state index is 2.55. The van der Waals surface area contributed by atoms with E-state index in [0.717, 1.165) is 35.0 Å². The average Bonchev–Trinajstić information content (AvgIpc) is 3.71. The lowest BCUT2D eigenvalue weighted by Gasteiger charge is -2.61. The van der Waals surface area contributed by atoms with Crippen molar-refractivity contribution in [2.24, 2.45) is 23.7 Å². The third-order valence-corrected chi connectivity index (χ3v) is 16.1. The van der Waals surface area contributed by atoms with Crippen LogP contribution in [-0.4, -0.2) is 0 Å². The van der Waals surface area contributed by atoms with E-state index >= 15 is 0 Å². The van der Waals surface area contributed by atoms with E-state index in [0.29, 0.717) is 0 Å². The van der Waals surface area contributed by atoms with Gasteiger partial charge in [0.1, 0.15) is 0 Å². The standard InChI is InChI=1S/C59H49N/c1-58(2)54-16-7-5-13-50(54)52-28-27-47(36-57(52)58)60(46-25-20-41(21-26-46)49-15-9-11-40-10-3-4-12-48(40)49)45-23-18-39(19-24-45)42-22-29-56-53(35-42)51-14-6-8-17-55(51)59(56)43-31-37-30-38(33-43)34-44(59)32-37/h3-29,35-38,43-44H,30-34H2,1-2H3. The monoisotopic (exact) mass is 771 g/mol. The number of benzene rings is 8. The lowest BCUT2D eigenvalue weighted by molar-refractivity contribution is -0.0399. The fourth-order valence-corrected chi connectivity index (χ4v) is 13.7. The van der Waals surface area contributed by atoms with Gasteiger partial charge in [-0.2, -0.15) is 0 Å². The molecule has 4 fully saturated rings. The summed E-state index contributed by atoms with van der Waals surface area (Å²) in [7, 11) is 0. The molecule has 1 heteroatoms. The van der Waals surface area contributed by atoms with Crippen molar-refractivity contribution in [2.75, 3.05) is 4.90 Å². The molecule has 0 aliphatic heterocycles. The molecule has 0 heterocycles. The van der Waals surface area contributed by atoms with E-state index in [4.69, 9.17) is 0 Å². The van der Waals surface area contributed by atoms with Gasteiger partial charge in [0.2, 0.25) is 0 Å². The van der Waals surface area contributed by atoms with Crippen LogP contribution in [-0.2, 0) is 10.8 Å². The molecule has 6 aliphatic carbocycles. The molecule has 4 bridgehead atoms. The summed E-state index contributed by atoms with van der Waals surface area (Å²) in [6.07, 6.45) is 7.16. The number of anilines is 3. The van der Waals surface area contributed by atoms with Gasteiger partial charge in [-0.15, -0.1) is 0 Å². The molecule has 6 aliphatic rings. The van der Waals surface area contributed by atoms with Crippen molar-refractivity contribution in [3.8, 4) is 44.5 Å². The lowest BCUT2D eigenvalue weighted by Crippen LogP contribution is -2.55. The van der Waals surface area contributed by atoms with Gasteiger partial charge in [-0.3, -0.25) is 0 Å². The second-order valence-electron chi connectivity index (χ2n) is 19.3. The highest BCUT2D eigenvalue weighted by molar-refractivity contribution is 5.97. The Balaban J connectivity index is 0.902. The smallest absolute Gasteiger partial charge is 0.0465 e. The summed E-state index contributed by atoms with van der Waals surface area (Å²) in [5, 5.41) is 2.55. The Morgan fingerprint density at radius 1 is 0.383 bits per heavy atom. The van der Waals surface area contributed by atoms with Crippen molar-refractivity contribution in [3.63, 3.8) is 0 Å². The van der Waals surface area contributed by atoms with Crippen LogP contribution >= 0.6 is 0 Å². The van der Waals surface area contributed by atoms with Crippen molar-refractivity contribution in [1.82, 2.24) is 0 Å². The van der Waals surface area contributed by atoms with E-state index < -0.39 is 0 Å². The van der Waals surface area contributed by atoms with Crippen molar-refractivity contribution in [3.05, 3.63) is 198 Å². The molecule has 0 saturated heterocycles. The molecule has 0 amide bonds. The molecule has 60 heavy (non-hydrogen) atoms. The Labute approximate surface area is 354 Å². The molecule has 4 saturated carbocycles. The summed E-state index contributed by atoms with van der Waals surface area (Å²) in [4.78, 5) is 2.45. The summed E-state index contributed by atoms with van der Waals surface area (Å²) < 4.78 is 0. The number of rotatable bonds is 5. The highest BCUT2D eigenvalue weighted by atomic mass is 15.1. The summed E-state index contributed by atoms with van der Waals surface area (Å²) in [6, 6.07) is 66.9. The third-order valence-electron chi connectivity index (χ3n) is 16.1. The fourth-order valence-electron chi connectivity index (χ4n) is 13.7. The molecule has 0 aromatic heterocycles. The van der Waals surface area contributed by atoms with Gasteiger partial charge in [-0.25, -0.2) is 0 Å². The SMILES string of the molecule is CC1(C)c2ccccc2-c2ccc(N(c3ccc(-c4ccc5c(c4)-c4ccccc4C54C5CC6CC(C5)CC4C6)cc3)c3ccc(-c4cccc5ccccc45)cc3)cc21. The zero-order chi connectivity index (χ0) is 39.7. The second kappa shape index (κ2) is 12.7. The van der Waals surface area contributed by atoms with Gasteiger partial charge in [-0.05, 0) is 176 Å². The van der Waals surface area contributed by atoms with E-state index in [1.54, 1.807) is 11.1 Å². The largest absolute Gasteiger partial charge is 0.310 e. The Hall–Kier alpha value is -6.18. The Kier molecular flexibility index (Phi) is 7.32. The first-order valence-corrected chi connectivity index (χ1v) is 22.4. The molecule has 290 valence electrons. The summed E-state index contributed by atoms with van der Waals surface area (Å²) >= 11 is 0. The van der Waals surface area contributed by atoms with Gasteiger partial charge in [0.25, 0.3) is 0 Å². The van der Waals surface area contributed by atoms with Gasteiger partial charge in [0.15, 0.2) is 0 Å². The van der Waals surface area contributed by atoms with E-state index in [2.05, 4.69) is 195 Å². The van der Waals surface area contributed by atoms with Crippen LogP contribution in [0.2, 0.25) is 0 Å². The maximum absolute atomic E-state index is 2.55. The predicted octanol–water partition coefficient (Wildman–Crippen LogP) is 15.7. The molecule has 1 nitrogen and oxygen atoms in total. The minimum Gasteiger partial charge on any atom is -0.310 e. The van der Waals surface area contributed by atoms with E-state index in [1.807, 2.05) is 0 Å². The van der Waals surface area contributed by atoms with Crippen molar-refractivity contribution < 1.29 is 0 Å². The number of hydrogen-bond donors (Lipinski definition) is 0. The molecule has 0 radical (unpaired) electrons. The summed E-state index contributed by atoms with van der Waals surface area (Å²) in [6.45, 7) is 4.75. The van der Waals surface area contributed by atoms with Gasteiger partial charge in [0, 0.05) is 27.9 Å². The topological polar surface area (TPSA) is 3.24 Å². The Morgan fingerprint density at radius 3 is 1.65 bits per heavy atom. The lowest BCUT2D eigenvalue weighted by atomic mass is 9.43. The van der Waals surface area contributed by atoms with Gasteiger partial charge in [0.05, 0.1) is 0 Å². The third kappa shape index (κ3) is 4.81. The zero-order valence-corrected chi connectivity index (χ0v) is 34.5. The molecule has 0 unspecified atom stereocenters. The van der Waals surface area contributed by atoms with Crippen LogP contribution in [0.25, 0.3) is 55.3 Å². The van der Waals surface area contributed by atoms with E-state index in [9.17, 15) is 0 Å². The normalized spacial score (nSPS) is 23.4. The van der Waals surface area contributed by atoms with Crippen molar-refractivity contribution in [2.45, 2.75) is 56.8 Å². The van der Waals surface area contributed by atoms with Crippen LogP contribution in [0.15, 0.2) is 176 Å². The summed E-state index contributed by atoms with van der Waals surface area (Å²) in [5.41, 5.74) is 20.4. The number of hydrogen-bond acceptors (Lipinski definition) is 1. The van der Waals surface area contributed by atoms with Crippen LogP contribution in [0.1, 0.15) is 68.2 Å². The van der Waals surface area contributed by atoms with Crippen LogP contribution in [0, 0.1) is 23.7 Å². The highest BCUT2D eigenvalue weighted by Crippen LogP contribution is 2.69. The highest BCUT2D eigenvalue weighted by Gasteiger charge is 2.61. The van der Waals surface area contributed by atoms with Gasteiger partial charge < -0.3 is 4.90 Å². The first kappa shape index (κ1) is 34.7. The minimum absolute atomic E-state index is 0.0862. The molecule has 0 N–H and O–H groups in total. The quantitative estimate of drug-likeness (QED) is 0.168. The first-order chi connectivity index (χ1) is 29.4.